The van der Waals surface area contributed by atoms with Crippen molar-refractivity contribution in [1.29, 1.82) is 0 Å². The molecule has 0 amide bonds. The maximum Gasteiger partial charge on any atom is 0.00795 e. The van der Waals surface area contributed by atoms with Gasteiger partial charge in [0, 0.05) is 19.1 Å². The molecule has 118 valence electrons. The van der Waals surface area contributed by atoms with E-state index in [2.05, 4.69) is 25.8 Å². The first-order chi connectivity index (χ1) is 9.56. The molecule has 2 aliphatic rings. The third-order valence-corrected chi connectivity index (χ3v) is 5.87. The lowest BCUT2D eigenvalue weighted by atomic mass is 9.73. The molecular formula is C18H36N2. The van der Waals surface area contributed by atoms with Gasteiger partial charge < -0.3 is 10.6 Å². The van der Waals surface area contributed by atoms with Crippen molar-refractivity contribution in [1.82, 2.24) is 4.90 Å². The lowest BCUT2D eigenvalue weighted by Crippen LogP contribution is -2.44. The summed E-state index contributed by atoms with van der Waals surface area (Å²) in [5.74, 6) is 3.41. The van der Waals surface area contributed by atoms with Gasteiger partial charge in [-0.1, -0.05) is 33.1 Å². The first-order valence-corrected chi connectivity index (χ1v) is 9.00. The quantitative estimate of drug-likeness (QED) is 0.827. The van der Waals surface area contributed by atoms with Crippen LogP contribution in [0.3, 0.4) is 0 Å². The zero-order chi connectivity index (χ0) is 14.5. The minimum absolute atomic E-state index is 0.443. The molecule has 2 heteroatoms. The van der Waals surface area contributed by atoms with Crippen LogP contribution in [0.1, 0.15) is 65.2 Å². The Kier molecular flexibility index (Phi) is 6.35. The summed E-state index contributed by atoms with van der Waals surface area (Å²) >= 11 is 0. The van der Waals surface area contributed by atoms with Crippen LogP contribution in [0, 0.1) is 23.7 Å². The van der Waals surface area contributed by atoms with Crippen molar-refractivity contribution in [3.8, 4) is 0 Å². The Bertz CT molecular complexity index is 271. The second-order valence-electron chi connectivity index (χ2n) is 7.97. The zero-order valence-electron chi connectivity index (χ0n) is 14.0. The van der Waals surface area contributed by atoms with Crippen LogP contribution in [-0.4, -0.2) is 31.1 Å². The van der Waals surface area contributed by atoms with E-state index in [1.165, 1.54) is 64.5 Å². The molecule has 0 saturated heterocycles. The second kappa shape index (κ2) is 7.79. The molecule has 0 heterocycles. The topological polar surface area (TPSA) is 29.3 Å². The molecule has 2 rings (SSSR count). The molecule has 2 aliphatic carbocycles. The second-order valence-corrected chi connectivity index (χ2v) is 7.97. The monoisotopic (exact) mass is 280 g/mol. The van der Waals surface area contributed by atoms with Gasteiger partial charge in [0.25, 0.3) is 0 Å². The first kappa shape index (κ1) is 16.3. The molecular weight excluding hydrogens is 244 g/mol. The van der Waals surface area contributed by atoms with Crippen molar-refractivity contribution in [2.45, 2.75) is 71.3 Å². The Morgan fingerprint density at radius 2 is 1.70 bits per heavy atom. The fourth-order valence-corrected chi connectivity index (χ4v) is 4.42. The molecule has 2 nitrogen and oxygen atoms in total. The van der Waals surface area contributed by atoms with Crippen molar-refractivity contribution in [3.05, 3.63) is 0 Å². The summed E-state index contributed by atoms with van der Waals surface area (Å²) in [4.78, 5) is 2.59. The highest BCUT2D eigenvalue weighted by atomic mass is 15.1. The van der Waals surface area contributed by atoms with Crippen molar-refractivity contribution in [2.75, 3.05) is 20.1 Å². The molecule has 0 aromatic carbocycles. The normalized spacial score (nSPS) is 33.0. The summed E-state index contributed by atoms with van der Waals surface area (Å²) in [5, 5.41) is 0. The fraction of sp³-hybridized carbons (Fsp3) is 1.00. The summed E-state index contributed by atoms with van der Waals surface area (Å²) in [6.07, 6.45) is 11.2. The number of rotatable bonds is 5. The van der Waals surface area contributed by atoms with E-state index in [9.17, 15) is 0 Å². The van der Waals surface area contributed by atoms with Gasteiger partial charge in [-0.05, 0) is 62.8 Å². The van der Waals surface area contributed by atoms with Crippen LogP contribution in [0.5, 0.6) is 0 Å². The van der Waals surface area contributed by atoms with E-state index >= 15 is 0 Å². The molecule has 3 atom stereocenters. The number of nitrogens with zero attached hydrogens (tertiary/aromatic N) is 1. The van der Waals surface area contributed by atoms with Gasteiger partial charge in [-0.15, -0.1) is 0 Å². The van der Waals surface area contributed by atoms with Gasteiger partial charge in [-0.25, -0.2) is 0 Å². The summed E-state index contributed by atoms with van der Waals surface area (Å²) in [5.41, 5.74) is 6.40. The van der Waals surface area contributed by atoms with E-state index in [0.29, 0.717) is 6.04 Å². The average molecular weight is 280 g/mol. The molecule has 0 radical (unpaired) electrons. The number of nitrogens with two attached hydrogens (primary N) is 1. The van der Waals surface area contributed by atoms with Crippen LogP contribution in [0.2, 0.25) is 0 Å². The van der Waals surface area contributed by atoms with Gasteiger partial charge >= 0.3 is 0 Å². The van der Waals surface area contributed by atoms with Gasteiger partial charge in [0.15, 0.2) is 0 Å². The average Bonchev–Trinajstić information content (AvgIpc) is 2.42. The molecule has 20 heavy (non-hydrogen) atoms. The third-order valence-electron chi connectivity index (χ3n) is 5.87. The van der Waals surface area contributed by atoms with Crippen molar-refractivity contribution in [2.24, 2.45) is 29.4 Å². The van der Waals surface area contributed by atoms with Gasteiger partial charge in [-0.3, -0.25) is 0 Å². The van der Waals surface area contributed by atoms with Crippen molar-refractivity contribution >= 4 is 0 Å². The SMILES string of the molecule is CC(C)C1CCC(N)C(CN(C)CC2CCCCC2)C1. The lowest BCUT2D eigenvalue weighted by Gasteiger charge is -2.38. The highest BCUT2D eigenvalue weighted by Gasteiger charge is 2.30. The maximum absolute atomic E-state index is 6.40. The van der Waals surface area contributed by atoms with Crippen LogP contribution in [0.4, 0.5) is 0 Å². The summed E-state index contributed by atoms with van der Waals surface area (Å²) in [7, 11) is 2.32. The van der Waals surface area contributed by atoms with Gasteiger partial charge in [0.05, 0.1) is 0 Å². The smallest absolute Gasteiger partial charge is 0.00795 e. The Labute approximate surface area is 126 Å². The number of hydrogen-bond donors (Lipinski definition) is 1. The molecule has 0 spiro atoms. The fourth-order valence-electron chi connectivity index (χ4n) is 4.42. The Morgan fingerprint density at radius 3 is 2.35 bits per heavy atom. The minimum atomic E-state index is 0.443. The first-order valence-electron chi connectivity index (χ1n) is 9.00. The Morgan fingerprint density at radius 1 is 1.00 bits per heavy atom. The van der Waals surface area contributed by atoms with Crippen molar-refractivity contribution in [3.63, 3.8) is 0 Å². The molecule has 2 saturated carbocycles. The van der Waals surface area contributed by atoms with Gasteiger partial charge in [-0.2, -0.15) is 0 Å². The van der Waals surface area contributed by atoms with Crippen LogP contribution in [-0.2, 0) is 0 Å². The third kappa shape index (κ3) is 4.73. The predicted molar refractivity (Wildman–Crippen MR) is 87.7 cm³/mol. The van der Waals surface area contributed by atoms with E-state index < -0.39 is 0 Å². The Hall–Kier alpha value is -0.0800. The van der Waals surface area contributed by atoms with E-state index in [0.717, 1.165) is 23.7 Å². The predicted octanol–water partition coefficient (Wildman–Crippen LogP) is 3.90. The van der Waals surface area contributed by atoms with Crippen LogP contribution in [0.25, 0.3) is 0 Å². The van der Waals surface area contributed by atoms with E-state index in [1.54, 1.807) is 0 Å². The molecule has 0 aromatic heterocycles. The zero-order valence-corrected chi connectivity index (χ0v) is 14.0. The molecule has 3 unspecified atom stereocenters. The molecule has 2 N–H and O–H groups in total. The summed E-state index contributed by atoms with van der Waals surface area (Å²) < 4.78 is 0. The molecule has 0 aromatic rings. The van der Waals surface area contributed by atoms with Crippen LogP contribution < -0.4 is 5.73 Å². The lowest BCUT2D eigenvalue weighted by molar-refractivity contribution is 0.135. The molecule has 2 fully saturated rings. The maximum atomic E-state index is 6.40. The van der Waals surface area contributed by atoms with E-state index in [4.69, 9.17) is 5.73 Å². The minimum Gasteiger partial charge on any atom is -0.327 e. The highest BCUT2D eigenvalue weighted by Crippen LogP contribution is 2.33. The van der Waals surface area contributed by atoms with E-state index in [1.807, 2.05) is 0 Å². The Balaban J connectivity index is 1.77. The molecule has 0 aliphatic heterocycles. The number of hydrogen-bond acceptors (Lipinski definition) is 2. The highest BCUT2D eigenvalue weighted by molar-refractivity contribution is 4.85. The largest absolute Gasteiger partial charge is 0.327 e. The molecule has 0 bridgehead atoms. The van der Waals surface area contributed by atoms with Crippen LogP contribution >= 0.6 is 0 Å². The summed E-state index contributed by atoms with van der Waals surface area (Å²) in [6.45, 7) is 7.28. The van der Waals surface area contributed by atoms with Gasteiger partial charge in [0.2, 0.25) is 0 Å². The van der Waals surface area contributed by atoms with Gasteiger partial charge in [0.1, 0.15) is 0 Å². The van der Waals surface area contributed by atoms with Crippen LogP contribution in [0.15, 0.2) is 0 Å². The van der Waals surface area contributed by atoms with E-state index in [-0.39, 0.29) is 0 Å². The summed E-state index contributed by atoms with van der Waals surface area (Å²) in [6, 6.07) is 0.443. The standard InChI is InChI=1S/C18H36N2/c1-14(2)16-9-10-18(19)17(11-16)13-20(3)12-15-7-5-4-6-8-15/h14-18H,4-13,19H2,1-3H3. The van der Waals surface area contributed by atoms with Crippen molar-refractivity contribution < 1.29 is 0 Å².